The largest absolute Gasteiger partial charge is 0.381 e. The van der Waals surface area contributed by atoms with Crippen molar-refractivity contribution in [1.82, 2.24) is 19.8 Å². The number of hydrogen-bond acceptors (Lipinski definition) is 5. The lowest BCUT2D eigenvalue weighted by Gasteiger charge is -2.30. The van der Waals surface area contributed by atoms with E-state index in [0.717, 1.165) is 57.3 Å². The van der Waals surface area contributed by atoms with Gasteiger partial charge in [-0.3, -0.25) is 14.7 Å². The van der Waals surface area contributed by atoms with Crippen molar-refractivity contribution in [2.75, 3.05) is 32.8 Å². The second-order valence-corrected chi connectivity index (χ2v) is 7.30. The molecular formula is C18H26N4O2. The second-order valence-electron chi connectivity index (χ2n) is 7.30. The van der Waals surface area contributed by atoms with Crippen LogP contribution in [0.5, 0.6) is 0 Å². The topological polar surface area (TPSA) is 58.6 Å². The van der Waals surface area contributed by atoms with Gasteiger partial charge in [-0.15, -0.1) is 0 Å². The number of fused-ring (bicyclic) bond motifs is 1. The fourth-order valence-electron chi connectivity index (χ4n) is 4.46. The molecule has 0 unspecified atom stereocenters. The van der Waals surface area contributed by atoms with Crippen LogP contribution in [0.25, 0.3) is 0 Å². The number of amides is 1. The highest BCUT2D eigenvalue weighted by Crippen LogP contribution is 2.33. The van der Waals surface area contributed by atoms with Crippen LogP contribution in [0.1, 0.15) is 41.9 Å². The Bertz CT molecular complexity index is 585. The van der Waals surface area contributed by atoms with Crippen molar-refractivity contribution in [1.29, 1.82) is 0 Å². The summed E-state index contributed by atoms with van der Waals surface area (Å²) in [6.07, 6.45) is 7.80. The molecule has 4 rings (SSSR count). The number of nitrogens with zero attached hydrogens (tertiary/aromatic N) is 4. The van der Waals surface area contributed by atoms with Gasteiger partial charge >= 0.3 is 0 Å². The van der Waals surface area contributed by atoms with Crippen molar-refractivity contribution in [3.05, 3.63) is 23.8 Å². The van der Waals surface area contributed by atoms with E-state index in [1.807, 2.05) is 11.8 Å². The van der Waals surface area contributed by atoms with E-state index in [1.165, 1.54) is 12.8 Å². The fraction of sp³-hybridized carbons (Fsp3) is 0.722. The van der Waals surface area contributed by atoms with Gasteiger partial charge in [-0.2, -0.15) is 0 Å². The third-order valence-electron chi connectivity index (χ3n) is 5.79. The molecule has 0 aromatic carbocycles. The molecular weight excluding hydrogens is 304 g/mol. The van der Waals surface area contributed by atoms with Crippen LogP contribution in [0.3, 0.4) is 0 Å². The minimum absolute atomic E-state index is 0.0444. The van der Waals surface area contributed by atoms with Gasteiger partial charge in [-0.25, -0.2) is 4.98 Å². The minimum Gasteiger partial charge on any atom is -0.381 e. The minimum atomic E-state index is 0.0444. The van der Waals surface area contributed by atoms with Crippen molar-refractivity contribution >= 4 is 5.91 Å². The van der Waals surface area contributed by atoms with Crippen molar-refractivity contribution in [3.8, 4) is 0 Å². The van der Waals surface area contributed by atoms with E-state index in [4.69, 9.17) is 4.74 Å². The molecule has 3 aliphatic rings. The molecule has 0 aliphatic carbocycles. The zero-order chi connectivity index (χ0) is 16.5. The summed E-state index contributed by atoms with van der Waals surface area (Å²) in [5, 5.41) is 0. The smallest absolute Gasteiger partial charge is 0.274 e. The van der Waals surface area contributed by atoms with Gasteiger partial charge < -0.3 is 9.64 Å². The van der Waals surface area contributed by atoms with Gasteiger partial charge in [0.1, 0.15) is 5.69 Å². The summed E-state index contributed by atoms with van der Waals surface area (Å²) >= 11 is 0. The number of aromatic nitrogens is 2. The number of carbonyl (C=O) groups excluding carboxylic acids is 1. The lowest BCUT2D eigenvalue weighted by atomic mass is 9.99. The average Bonchev–Trinajstić information content (AvgIpc) is 3.19. The van der Waals surface area contributed by atoms with Crippen molar-refractivity contribution in [2.24, 2.45) is 5.92 Å². The molecule has 0 bridgehead atoms. The molecule has 1 amide bonds. The molecule has 4 heterocycles. The number of aryl methyl sites for hydroxylation is 1. The molecule has 1 aromatic heterocycles. The van der Waals surface area contributed by atoms with E-state index in [9.17, 15) is 4.79 Å². The van der Waals surface area contributed by atoms with Crippen molar-refractivity contribution < 1.29 is 9.53 Å². The fourth-order valence-corrected chi connectivity index (χ4v) is 4.46. The van der Waals surface area contributed by atoms with Gasteiger partial charge in [-0.05, 0) is 38.5 Å². The van der Waals surface area contributed by atoms with Crippen LogP contribution in [0.2, 0.25) is 0 Å². The zero-order valence-corrected chi connectivity index (χ0v) is 14.4. The number of likely N-dealkylation sites (tertiary alicyclic amines) is 2. The number of hydrogen-bond donors (Lipinski definition) is 0. The molecule has 0 radical (unpaired) electrons. The van der Waals surface area contributed by atoms with Crippen LogP contribution >= 0.6 is 0 Å². The normalized spacial score (nSPS) is 28.3. The molecule has 2 atom stereocenters. The van der Waals surface area contributed by atoms with E-state index in [0.29, 0.717) is 17.8 Å². The Morgan fingerprint density at radius 3 is 2.67 bits per heavy atom. The van der Waals surface area contributed by atoms with E-state index < -0.39 is 0 Å². The summed E-state index contributed by atoms with van der Waals surface area (Å²) in [5.74, 6) is 0.799. The van der Waals surface area contributed by atoms with Gasteiger partial charge in [0, 0.05) is 51.1 Å². The molecule has 130 valence electrons. The first-order valence-corrected chi connectivity index (χ1v) is 9.14. The first-order valence-electron chi connectivity index (χ1n) is 9.14. The molecule has 1 aromatic rings. The van der Waals surface area contributed by atoms with Crippen LogP contribution in [0.15, 0.2) is 12.4 Å². The quantitative estimate of drug-likeness (QED) is 0.841. The summed E-state index contributed by atoms with van der Waals surface area (Å²) in [4.78, 5) is 25.9. The lowest BCUT2D eigenvalue weighted by molar-refractivity contribution is 0.0502. The summed E-state index contributed by atoms with van der Waals surface area (Å²) < 4.78 is 5.47. The number of ether oxygens (including phenoxy) is 1. The Morgan fingerprint density at radius 2 is 1.92 bits per heavy atom. The number of rotatable bonds is 3. The predicted octanol–water partition coefficient (Wildman–Crippen LogP) is 1.50. The summed E-state index contributed by atoms with van der Waals surface area (Å²) in [7, 11) is 0. The van der Waals surface area contributed by atoms with Crippen LogP contribution in [0.4, 0.5) is 0 Å². The molecule has 6 heteroatoms. The van der Waals surface area contributed by atoms with E-state index in [-0.39, 0.29) is 5.91 Å². The maximum atomic E-state index is 12.8. The summed E-state index contributed by atoms with van der Waals surface area (Å²) in [6.45, 7) is 6.81. The van der Waals surface area contributed by atoms with E-state index >= 15 is 0 Å². The average molecular weight is 330 g/mol. The van der Waals surface area contributed by atoms with Crippen LogP contribution in [-0.4, -0.2) is 70.6 Å². The Balaban J connectivity index is 1.40. The molecule has 6 nitrogen and oxygen atoms in total. The second kappa shape index (κ2) is 6.76. The van der Waals surface area contributed by atoms with Gasteiger partial charge in [0.15, 0.2) is 0 Å². The third kappa shape index (κ3) is 3.05. The van der Waals surface area contributed by atoms with Gasteiger partial charge in [0.25, 0.3) is 5.91 Å². The van der Waals surface area contributed by atoms with Crippen molar-refractivity contribution in [3.63, 3.8) is 0 Å². The maximum absolute atomic E-state index is 12.8. The summed E-state index contributed by atoms with van der Waals surface area (Å²) in [5.41, 5.74) is 1.32. The van der Waals surface area contributed by atoms with Crippen LogP contribution in [0, 0.1) is 12.8 Å². The monoisotopic (exact) mass is 330 g/mol. The highest BCUT2D eigenvalue weighted by molar-refractivity contribution is 5.92. The first-order chi connectivity index (χ1) is 11.7. The number of carbonyl (C=O) groups is 1. The van der Waals surface area contributed by atoms with Crippen LogP contribution < -0.4 is 0 Å². The van der Waals surface area contributed by atoms with Gasteiger partial charge in [-0.1, -0.05) is 0 Å². The zero-order valence-electron chi connectivity index (χ0n) is 14.4. The van der Waals surface area contributed by atoms with E-state index in [1.54, 1.807) is 12.4 Å². The third-order valence-corrected chi connectivity index (χ3v) is 5.79. The maximum Gasteiger partial charge on any atom is 0.274 e. The first kappa shape index (κ1) is 16.0. The molecule has 0 saturated carbocycles. The highest BCUT2D eigenvalue weighted by atomic mass is 16.5. The SMILES string of the molecule is Cc1cnc(C(=O)N2CC[C@@H]3[C@@H]2CCN3CC2CCOCC2)cn1. The Kier molecular flexibility index (Phi) is 4.50. The molecule has 3 aliphatic heterocycles. The Labute approximate surface area is 143 Å². The van der Waals surface area contributed by atoms with Crippen molar-refractivity contribution in [2.45, 2.75) is 44.7 Å². The molecule has 0 spiro atoms. The van der Waals surface area contributed by atoms with Gasteiger partial charge in [0.2, 0.25) is 0 Å². The summed E-state index contributed by atoms with van der Waals surface area (Å²) in [6, 6.07) is 0.871. The Hall–Kier alpha value is -1.53. The van der Waals surface area contributed by atoms with E-state index in [2.05, 4.69) is 14.9 Å². The molecule has 0 N–H and O–H groups in total. The molecule has 3 fully saturated rings. The van der Waals surface area contributed by atoms with Gasteiger partial charge in [0.05, 0.1) is 11.9 Å². The molecule has 24 heavy (non-hydrogen) atoms. The predicted molar refractivity (Wildman–Crippen MR) is 89.7 cm³/mol. The lowest BCUT2D eigenvalue weighted by Crippen LogP contribution is -2.41. The standard InChI is InChI=1S/C18H26N4O2/c1-13-10-20-15(11-19-13)18(23)22-7-3-16-17(22)2-6-21(16)12-14-4-8-24-9-5-14/h10-11,14,16-17H,2-9,12H2,1H3/t16-,17+/m1/s1. The highest BCUT2D eigenvalue weighted by Gasteiger charge is 2.45. The van der Waals surface area contributed by atoms with Crippen LogP contribution in [-0.2, 0) is 4.74 Å². The molecule has 3 saturated heterocycles. The Morgan fingerprint density at radius 1 is 1.12 bits per heavy atom.